The molecule has 1 atom stereocenters. The van der Waals surface area contributed by atoms with E-state index < -0.39 is 12.0 Å². The highest BCUT2D eigenvalue weighted by Gasteiger charge is 2.29. The Hall–Kier alpha value is -1.10. The van der Waals surface area contributed by atoms with Crippen LogP contribution in [0, 0.1) is 5.92 Å². The molecule has 0 aromatic rings. The van der Waals surface area contributed by atoms with Gasteiger partial charge in [0.1, 0.15) is 0 Å². The molecule has 1 amide bonds. The van der Waals surface area contributed by atoms with Crippen LogP contribution in [0.1, 0.15) is 26.7 Å². The predicted octanol–water partition coefficient (Wildman–Crippen LogP) is 0.308. The first kappa shape index (κ1) is 13.0. The summed E-state index contributed by atoms with van der Waals surface area (Å²) in [5.41, 5.74) is 0. The summed E-state index contributed by atoms with van der Waals surface area (Å²) in [6.07, 6.45) is 0.836. The number of carbonyl (C=O) groups excluding carboxylic acids is 1. The molecule has 0 aromatic carbocycles. The van der Waals surface area contributed by atoms with Gasteiger partial charge >= 0.3 is 5.97 Å². The number of carbonyl (C=O) groups is 2. The Kier molecular flexibility index (Phi) is 4.73. The van der Waals surface area contributed by atoms with Gasteiger partial charge in [0.15, 0.2) is 0 Å². The van der Waals surface area contributed by atoms with Crippen molar-refractivity contribution < 1.29 is 14.7 Å². The first-order chi connectivity index (χ1) is 7.50. The van der Waals surface area contributed by atoms with E-state index in [4.69, 9.17) is 5.11 Å². The lowest BCUT2D eigenvalue weighted by Crippen LogP contribution is -2.55. The van der Waals surface area contributed by atoms with Crippen molar-refractivity contribution in [1.82, 2.24) is 10.2 Å². The van der Waals surface area contributed by atoms with Crippen molar-refractivity contribution >= 4 is 11.9 Å². The first-order valence-corrected chi connectivity index (χ1v) is 5.74. The van der Waals surface area contributed by atoms with E-state index in [2.05, 4.69) is 19.2 Å². The fraction of sp³-hybridized carbons (Fsp3) is 0.818. The topological polar surface area (TPSA) is 69.6 Å². The van der Waals surface area contributed by atoms with E-state index in [0.29, 0.717) is 19.0 Å². The summed E-state index contributed by atoms with van der Waals surface area (Å²) < 4.78 is 0. The van der Waals surface area contributed by atoms with Crippen LogP contribution < -0.4 is 5.32 Å². The summed E-state index contributed by atoms with van der Waals surface area (Å²) in [7, 11) is 0. The van der Waals surface area contributed by atoms with Crippen LogP contribution in [0.25, 0.3) is 0 Å². The number of hydrogen-bond donors (Lipinski definition) is 2. The molecule has 1 aliphatic rings. The van der Waals surface area contributed by atoms with Crippen molar-refractivity contribution in [3.63, 3.8) is 0 Å². The highest BCUT2D eigenvalue weighted by molar-refractivity contribution is 5.86. The number of carboxylic acid groups (broad SMARTS) is 1. The van der Waals surface area contributed by atoms with E-state index >= 15 is 0 Å². The molecule has 0 saturated carbocycles. The van der Waals surface area contributed by atoms with Crippen LogP contribution in [0.15, 0.2) is 0 Å². The zero-order valence-corrected chi connectivity index (χ0v) is 9.90. The summed E-state index contributed by atoms with van der Waals surface area (Å²) >= 11 is 0. The number of aliphatic carboxylic acids is 1. The Labute approximate surface area is 95.8 Å². The first-order valence-electron chi connectivity index (χ1n) is 5.74. The van der Waals surface area contributed by atoms with Gasteiger partial charge in [0.05, 0.1) is 12.5 Å². The third kappa shape index (κ3) is 3.81. The Bertz CT molecular complexity index is 266. The predicted molar refractivity (Wildman–Crippen MR) is 60.1 cm³/mol. The van der Waals surface area contributed by atoms with E-state index in [9.17, 15) is 9.59 Å². The van der Waals surface area contributed by atoms with Gasteiger partial charge in [-0.05, 0) is 12.3 Å². The van der Waals surface area contributed by atoms with Crippen LogP contribution >= 0.6 is 0 Å². The van der Waals surface area contributed by atoms with Gasteiger partial charge in [0.2, 0.25) is 5.91 Å². The second kappa shape index (κ2) is 5.84. The van der Waals surface area contributed by atoms with E-state index in [-0.39, 0.29) is 12.3 Å². The SMILES string of the molecule is CC(C)CCN1CCNC(CC(=O)O)C1=O. The fourth-order valence-electron chi connectivity index (χ4n) is 1.76. The molecule has 0 bridgehead atoms. The Morgan fingerprint density at radius 3 is 2.88 bits per heavy atom. The van der Waals surface area contributed by atoms with Crippen molar-refractivity contribution in [3.05, 3.63) is 0 Å². The smallest absolute Gasteiger partial charge is 0.305 e. The standard InChI is InChI=1S/C11H20N2O3/c1-8(2)3-5-13-6-4-12-9(11(13)16)7-10(14)15/h8-9,12H,3-7H2,1-2H3,(H,14,15). The van der Waals surface area contributed by atoms with Gasteiger partial charge in [-0.1, -0.05) is 13.8 Å². The van der Waals surface area contributed by atoms with Gasteiger partial charge in [-0.2, -0.15) is 0 Å². The van der Waals surface area contributed by atoms with E-state index in [1.807, 2.05) is 0 Å². The van der Waals surface area contributed by atoms with Crippen LogP contribution in [0.4, 0.5) is 0 Å². The molecule has 92 valence electrons. The van der Waals surface area contributed by atoms with Crippen LogP contribution in [0.2, 0.25) is 0 Å². The third-order valence-electron chi connectivity index (χ3n) is 2.74. The molecule has 0 aliphatic carbocycles. The fourth-order valence-corrected chi connectivity index (χ4v) is 1.76. The second-order valence-electron chi connectivity index (χ2n) is 4.61. The highest BCUT2D eigenvalue weighted by Crippen LogP contribution is 2.08. The molecule has 2 N–H and O–H groups in total. The molecule has 1 saturated heterocycles. The molecule has 1 heterocycles. The quantitative estimate of drug-likeness (QED) is 0.710. The van der Waals surface area contributed by atoms with Crippen molar-refractivity contribution in [2.24, 2.45) is 5.92 Å². The van der Waals surface area contributed by atoms with Crippen molar-refractivity contribution in [2.45, 2.75) is 32.7 Å². The lowest BCUT2D eigenvalue weighted by Gasteiger charge is -2.33. The molecule has 1 unspecified atom stereocenters. The molecule has 5 nitrogen and oxygen atoms in total. The number of nitrogens with zero attached hydrogens (tertiary/aromatic N) is 1. The maximum absolute atomic E-state index is 11.9. The number of hydrogen-bond acceptors (Lipinski definition) is 3. The molecule has 1 rings (SSSR count). The minimum absolute atomic E-state index is 0.0747. The zero-order valence-electron chi connectivity index (χ0n) is 9.90. The van der Waals surface area contributed by atoms with E-state index in [1.165, 1.54) is 0 Å². The van der Waals surface area contributed by atoms with Crippen molar-refractivity contribution in [3.8, 4) is 0 Å². The van der Waals surface area contributed by atoms with Crippen LogP contribution in [0.3, 0.4) is 0 Å². The molecule has 1 aliphatic heterocycles. The molecule has 0 radical (unpaired) electrons. The minimum Gasteiger partial charge on any atom is -0.481 e. The Morgan fingerprint density at radius 2 is 2.31 bits per heavy atom. The zero-order chi connectivity index (χ0) is 12.1. The molecule has 0 spiro atoms. The third-order valence-corrected chi connectivity index (χ3v) is 2.74. The number of carboxylic acids is 1. The molecule has 5 heteroatoms. The van der Waals surface area contributed by atoms with Gasteiger partial charge in [0.25, 0.3) is 0 Å². The molecular weight excluding hydrogens is 208 g/mol. The largest absolute Gasteiger partial charge is 0.481 e. The number of nitrogens with one attached hydrogen (secondary N) is 1. The Balaban J connectivity index is 2.47. The summed E-state index contributed by atoms with van der Waals surface area (Å²) in [6.45, 7) is 6.32. The summed E-state index contributed by atoms with van der Waals surface area (Å²) in [4.78, 5) is 24.2. The Morgan fingerprint density at radius 1 is 1.62 bits per heavy atom. The van der Waals surface area contributed by atoms with Gasteiger partial charge in [-0.15, -0.1) is 0 Å². The lowest BCUT2D eigenvalue weighted by molar-refractivity contribution is -0.144. The number of amides is 1. The number of rotatable bonds is 5. The van der Waals surface area contributed by atoms with Gasteiger partial charge < -0.3 is 15.3 Å². The maximum atomic E-state index is 11.9. The monoisotopic (exact) mass is 228 g/mol. The van der Waals surface area contributed by atoms with Crippen molar-refractivity contribution in [1.29, 1.82) is 0 Å². The summed E-state index contributed by atoms with van der Waals surface area (Å²) in [6, 6.07) is -0.543. The van der Waals surface area contributed by atoms with Crippen LogP contribution in [0.5, 0.6) is 0 Å². The van der Waals surface area contributed by atoms with Gasteiger partial charge in [-0.25, -0.2) is 0 Å². The normalized spacial score (nSPS) is 21.6. The molecule has 1 fully saturated rings. The summed E-state index contributed by atoms with van der Waals surface area (Å²) in [5, 5.41) is 11.6. The van der Waals surface area contributed by atoms with E-state index in [0.717, 1.165) is 13.0 Å². The summed E-state index contributed by atoms with van der Waals surface area (Å²) in [5.74, 6) is -0.452. The lowest BCUT2D eigenvalue weighted by atomic mass is 10.1. The second-order valence-corrected chi connectivity index (χ2v) is 4.61. The maximum Gasteiger partial charge on any atom is 0.305 e. The average molecular weight is 228 g/mol. The number of piperazine rings is 1. The molecule has 0 aromatic heterocycles. The van der Waals surface area contributed by atoms with Gasteiger partial charge in [-0.3, -0.25) is 9.59 Å². The van der Waals surface area contributed by atoms with Crippen LogP contribution in [-0.4, -0.2) is 47.6 Å². The van der Waals surface area contributed by atoms with Crippen molar-refractivity contribution in [2.75, 3.05) is 19.6 Å². The highest BCUT2D eigenvalue weighted by atomic mass is 16.4. The van der Waals surface area contributed by atoms with Gasteiger partial charge in [0, 0.05) is 19.6 Å². The average Bonchev–Trinajstić information content (AvgIpc) is 2.18. The van der Waals surface area contributed by atoms with Crippen LogP contribution in [-0.2, 0) is 9.59 Å². The van der Waals surface area contributed by atoms with E-state index in [1.54, 1.807) is 4.90 Å². The minimum atomic E-state index is -0.934. The molecular formula is C11H20N2O3. The molecule has 16 heavy (non-hydrogen) atoms.